The van der Waals surface area contributed by atoms with Gasteiger partial charge in [-0.1, -0.05) is 41.9 Å². The number of fused-ring (bicyclic) bond motifs is 2. The fraction of sp³-hybridized carbons (Fsp3) is 0.333. The molecule has 0 radical (unpaired) electrons. The lowest BCUT2D eigenvalue weighted by Gasteiger charge is -2.28. The van der Waals surface area contributed by atoms with Crippen LogP contribution in [-0.2, 0) is 14.3 Å². The summed E-state index contributed by atoms with van der Waals surface area (Å²) in [5.41, 5.74) is 5.38. The Balaban J connectivity index is 1.31. The van der Waals surface area contributed by atoms with Gasteiger partial charge in [-0.05, 0) is 55.4 Å². The van der Waals surface area contributed by atoms with E-state index in [1.807, 2.05) is 6.07 Å². The van der Waals surface area contributed by atoms with E-state index < -0.39 is 36.2 Å². The molecule has 4 rings (SSSR count). The van der Waals surface area contributed by atoms with Gasteiger partial charge in [0.1, 0.15) is 0 Å². The van der Waals surface area contributed by atoms with E-state index >= 15 is 0 Å². The second-order valence-corrected chi connectivity index (χ2v) is 8.67. The summed E-state index contributed by atoms with van der Waals surface area (Å²) in [5, 5.41) is 0.488. The molecule has 2 N–H and O–H groups in total. The number of halogens is 1. The maximum Gasteiger partial charge on any atom is 0.310 e. The summed E-state index contributed by atoms with van der Waals surface area (Å²) in [6, 6.07) is 15.1. The van der Waals surface area contributed by atoms with Gasteiger partial charge in [0.2, 0.25) is 0 Å². The van der Waals surface area contributed by atoms with Gasteiger partial charge in [-0.25, -0.2) is 0 Å². The molecule has 2 aliphatic carbocycles. The van der Waals surface area contributed by atoms with Crippen molar-refractivity contribution >= 4 is 35.2 Å². The molecule has 2 amide bonds. The van der Waals surface area contributed by atoms with Crippen LogP contribution in [0.25, 0.3) is 0 Å². The average Bonchev–Trinajstić information content (AvgIpc) is 3.43. The molecular formula is C24H23ClN2O5. The first-order valence-corrected chi connectivity index (χ1v) is 10.9. The Labute approximate surface area is 190 Å². The number of hydrazine groups is 1. The van der Waals surface area contributed by atoms with Gasteiger partial charge in [-0.15, -0.1) is 0 Å². The summed E-state index contributed by atoms with van der Waals surface area (Å²) in [7, 11) is 0. The monoisotopic (exact) mass is 454 g/mol. The van der Waals surface area contributed by atoms with Gasteiger partial charge in [0.25, 0.3) is 11.8 Å². The van der Waals surface area contributed by atoms with Gasteiger partial charge in [-0.2, -0.15) is 0 Å². The van der Waals surface area contributed by atoms with E-state index in [-0.39, 0.29) is 17.6 Å². The number of hydrogen-bond donors (Lipinski definition) is 2. The number of esters is 1. The zero-order valence-corrected chi connectivity index (χ0v) is 18.0. The van der Waals surface area contributed by atoms with Gasteiger partial charge >= 0.3 is 5.97 Å². The molecule has 0 unspecified atom stereocenters. The Morgan fingerprint density at radius 3 is 2.19 bits per heavy atom. The molecule has 2 aromatic rings. The summed E-state index contributed by atoms with van der Waals surface area (Å²) < 4.78 is 5.24. The van der Waals surface area contributed by atoms with Gasteiger partial charge in [0.05, 0.1) is 5.92 Å². The van der Waals surface area contributed by atoms with Crippen LogP contribution < -0.4 is 10.9 Å². The van der Waals surface area contributed by atoms with Crippen LogP contribution in [0.3, 0.4) is 0 Å². The Hall–Kier alpha value is -3.19. The van der Waals surface area contributed by atoms with Crippen molar-refractivity contribution in [2.45, 2.75) is 19.3 Å². The Morgan fingerprint density at radius 2 is 1.50 bits per heavy atom. The van der Waals surface area contributed by atoms with Crippen LogP contribution in [0.15, 0.2) is 54.6 Å². The highest BCUT2D eigenvalue weighted by molar-refractivity contribution is 6.30. The summed E-state index contributed by atoms with van der Waals surface area (Å²) in [4.78, 5) is 50.0. The molecule has 0 spiro atoms. The number of carbonyl (C=O) groups excluding carboxylic acids is 4. The summed E-state index contributed by atoms with van der Waals surface area (Å²) in [6.07, 6.45) is 2.63. The molecule has 8 heteroatoms. The SMILES string of the molecule is O=C(COC(=O)[C@H]1[C@H]2CC[C@@H](C2)[C@H]1C(=O)c1ccccc1)NNC(=O)c1ccc(Cl)cc1. The van der Waals surface area contributed by atoms with Crippen molar-refractivity contribution in [3.8, 4) is 0 Å². The van der Waals surface area contributed by atoms with Crippen LogP contribution in [0.5, 0.6) is 0 Å². The Bertz CT molecular complexity index is 1020. The predicted molar refractivity (Wildman–Crippen MR) is 117 cm³/mol. The van der Waals surface area contributed by atoms with Crippen LogP contribution in [0.2, 0.25) is 5.02 Å². The van der Waals surface area contributed by atoms with Crippen molar-refractivity contribution in [2.24, 2.45) is 23.7 Å². The first-order chi connectivity index (χ1) is 15.4. The minimum absolute atomic E-state index is 0.0422. The van der Waals surface area contributed by atoms with Crippen molar-refractivity contribution in [3.05, 3.63) is 70.7 Å². The summed E-state index contributed by atoms with van der Waals surface area (Å²) in [5.74, 6) is -2.48. The third-order valence-corrected chi connectivity index (χ3v) is 6.57. The Kier molecular flexibility index (Phi) is 6.55. The quantitative estimate of drug-likeness (QED) is 0.396. The molecule has 2 aliphatic rings. The maximum absolute atomic E-state index is 13.1. The van der Waals surface area contributed by atoms with E-state index in [1.54, 1.807) is 36.4 Å². The van der Waals surface area contributed by atoms with Crippen molar-refractivity contribution in [2.75, 3.05) is 6.61 Å². The lowest BCUT2D eigenvalue weighted by molar-refractivity contribution is -0.155. The van der Waals surface area contributed by atoms with Gasteiger partial charge in [0.15, 0.2) is 12.4 Å². The minimum Gasteiger partial charge on any atom is -0.455 e. The second kappa shape index (κ2) is 9.53. The number of carbonyl (C=O) groups is 4. The molecule has 0 aliphatic heterocycles. The topological polar surface area (TPSA) is 102 Å². The molecule has 2 fully saturated rings. The number of hydrogen-bond acceptors (Lipinski definition) is 5. The van der Waals surface area contributed by atoms with Crippen LogP contribution in [0.1, 0.15) is 40.0 Å². The zero-order chi connectivity index (χ0) is 22.7. The van der Waals surface area contributed by atoms with E-state index in [9.17, 15) is 19.2 Å². The molecule has 0 heterocycles. The van der Waals surface area contributed by atoms with Gasteiger partial charge in [-0.3, -0.25) is 30.0 Å². The molecule has 2 saturated carbocycles. The number of rotatable bonds is 6. The molecule has 4 atom stereocenters. The second-order valence-electron chi connectivity index (χ2n) is 8.23. The van der Waals surface area contributed by atoms with Crippen LogP contribution in [0.4, 0.5) is 0 Å². The number of ether oxygens (including phenoxy) is 1. The molecular weight excluding hydrogens is 432 g/mol. The summed E-state index contributed by atoms with van der Waals surface area (Å²) >= 11 is 5.79. The molecule has 166 valence electrons. The normalized spacial score (nSPS) is 23.4. The molecule has 0 saturated heterocycles. The average molecular weight is 455 g/mol. The maximum atomic E-state index is 13.1. The van der Waals surface area contributed by atoms with E-state index in [0.29, 0.717) is 16.1 Å². The largest absolute Gasteiger partial charge is 0.455 e. The molecule has 0 aromatic heterocycles. The van der Waals surface area contributed by atoms with E-state index in [4.69, 9.17) is 16.3 Å². The van der Waals surface area contributed by atoms with Crippen molar-refractivity contribution in [1.82, 2.24) is 10.9 Å². The van der Waals surface area contributed by atoms with Crippen LogP contribution in [-0.4, -0.2) is 30.2 Å². The highest BCUT2D eigenvalue weighted by atomic mass is 35.5. The third kappa shape index (κ3) is 4.67. The van der Waals surface area contributed by atoms with Gasteiger partial charge in [0, 0.05) is 22.1 Å². The van der Waals surface area contributed by atoms with Crippen LogP contribution >= 0.6 is 11.6 Å². The lowest BCUT2D eigenvalue weighted by Crippen LogP contribution is -2.44. The predicted octanol–water partition coefficient (Wildman–Crippen LogP) is 3.19. The number of benzene rings is 2. The van der Waals surface area contributed by atoms with Gasteiger partial charge < -0.3 is 4.74 Å². The first kappa shape index (κ1) is 22.0. The molecule has 7 nitrogen and oxygen atoms in total. The number of ketones is 1. The fourth-order valence-electron chi connectivity index (χ4n) is 4.87. The Morgan fingerprint density at radius 1 is 0.844 bits per heavy atom. The first-order valence-electron chi connectivity index (χ1n) is 10.5. The number of amides is 2. The molecule has 32 heavy (non-hydrogen) atoms. The number of Topliss-reactive ketones (excluding diaryl/α,β-unsaturated/α-hetero) is 1. The highest BCUT2D eigenvalue weighted by Gasteiger charge is 2.54. The van der Waals surface area contributed by atoms with E-state index in [2.05, 4.69) is 10.9 Å². The van der Waals surface area contributed by atoms with E-state index in [0.717, 1.165) is 19.3 Å². The third-order valence-electron chi connectivity index (χ3n) is 6.32. The van der Waals surface area contributed by atoms with E-state index in [1.165, 1.54) is 12.1 Å². The standard InChI is InChI=1S/C24H23ClN2O5/c25-18-10-8-15(9-11-18)23(30)27-26-19(28)13-32-24(31)21-17-7-6-16(12-17)20(21)22(29)14-4-2-1-3-5-14/h1-5,8-11,16-17,20-21H,6-7,12-13H2,(H,26,28)(H,27,30)/t16-,17-,20+,21-/m0/s1. The minimum atomic E-state index is -0.672. The molecule has 2 bridgehead atoms. The lowest BCUT2D eigenvalue weighted by atomic mass is 9.75. The van der Waals surface area contributed by atoms with Crippen LogP contribution in [0, 0.1) is 23.7 Å². The van der Waals surface area contributed by atoms with Crippen molar-refractivity contribution in [1.29, 1.82) is 0 Å². The zero-order valence-electron chi connectivity index (χ0n) is 17.3. The fourth-order valence-corrected chi connectivity index (χ4v) is 5.00. The highest BCUT2D eigenvalue weighted by Crippen LogP contribution is 2.53. The molecule has 2 aromatic carbocycles. The smallest absolute Gasteiger partial charge is 0.310 e. The van der Waals surface area contributed by atoms with Crippen molar-refractivity contribution in [3.63, 3.8) is 0 Å². The number of nitrogens with one attached hydrogen (secondary N) is 2. The summed E-state index contributed by atoms with van der Waals surface area (Å²) in [6.45, 7) is -0.542. The van der Waals surface area contributed by atoms with Crippen molar-refractivity contribution < 1.29 is 23.9 Å².